The fourth-order valence-corrected chi connectivity index (χ4v) is 1.96. The van der Waals surface area contributed by atoms with Crippen LogP contribution in [0.3, 0.4) is 0 Å². The highest BCUT2D eigenvalue weighted by atomic mass is 35.5. The Bertz CT molecular complexity index is 529. The topological polar surface area (TPSA) is 34.2 Å². The van der Waals surface area contributed by atoms with Crippen molar-refractivity contribution in [1.82, 2.24) is 4.98 Å². The molecule has 0 amide bonds. The van der Waals surface area contributed by atoms with Crippen LogP contribution in [-0.4, -0.2) is 12.0 Å². The molecule has 0 saturated carbocycles. The number of benzene rings is 1. The minimum atomic E-state index is 0.462. The number of pyridine rings is 1. The molecular weight excluding hydrogens is 248 g/mol. The summed E-state index contributed by atoms with van der Waals surface area (Å²) in [6.45, 7) is 2.40. The van der Waals surface area contributed by atoms with E-state index in [1.807, 2.05) is 44.3 Å². The lowest BCUT2D eigenvalue weighted by molar-refractivity contribution is 0.304. The molecule has 18 heavy (non-hydrogen) atoms. The van der Waals surface area contributed by atoms with Crippen molar-refractivity contribution in [2.75, 3.05) is 12.4 Å². The first-order valence-electron chi connectivity index (χ1n) is 5.72. The molecule has 0 bridgehead atoms. The smallest absolute Gasteiger partial charge is 0.164 e. The standard InChI is InChI=1S/C14H15ClN2O/c1-10-14(12(16-2)8-13(15)17-10)18-9-11-6-4-3-5-7-11/h3-8H,9H2,1-2H3,(H,16,17). The largest absolute Gasteiger partial charge is 0.485 e. The highest BCUT2D eigenvalue weighted by Gasteiger charge is 2.09. The van der Waals surface area contributed by atoms with Gasteiger partial charge in [-0.3, -0.25) is 0 Å². The first-order chi connectivity index (χ1) is 8.70. The fourth-order valence-electron chi connectivity index (χ4n) is 1.72. The van der Waals surface area contributed by atoms with Gasteiger partial charge in [0.1, 0.15) is 11.8 Å². The number of hydrogen-bond donors (Lipinski definition) is 1. The molecule has 0 radical (unpaired) electrons. The Morgan fingerprint density at radius 3 is 2.67 bits per heavy atom. The molecule has 0 aliphatic heterocycles. The van der Waals surface area contributed by atoms with Crippen LogP contribution < -0.4 is 10.1 Å². The molecule has 1 aromatic heterocycles. The summed E-state index contributed by atoms with van der Waals surface area (Å²) in [5.74, 6) is 0.741. The lowest BCUT2D eigenvalue weighted by Crippen LogP contribution is -2.02. The number of halogens is 1. The van der Waals surface area contributed by atoms with Crippen molar-refractivity contribution in [2.24, 2.45) is 0 Å². The summed E-state index contributed by atoms with van der Waals surface area (Å²) in [6.07, 6.45) is 0. The molecule has 2 rings (SSSR count). The predicted molar refractivity (Wildman–Crippen MR) is 74.3 cm³/mol. The second-order valence-electron chi connectivity index (χ2n) is 3.93. The minimum Gasteiger partial charge on any atom is -0.485 e. The van der Waals surface area contributed by atoms with Gasteiger partial charge in [-0.05, 0) is 12.5 Å². The minimum absolute atomic E-state index is 0.462. The molecule has 0 spiro atoms. The van der Waals surface area contributed by atoms with E-state index >= 15 is 0 Å². The van der Waals surface area contributed by atoms with E-state index in [0.29, 0.717) is 11.8 Å². The maximum atomic E-state index is 5.91. The number of nitrogens with zero attached hydrogens (tertiary/aromatic N) is 1. The summed E-state index contributed by atoms with van der Waals surface area (Å²) in [5, 5.41) is 3.53. The van der Waals surface area contributed by atoms with E-state index in [0.717, 1.165) is 22.7 Å². The predicted octanol–water partition coefficient (Wildman–Crippen LogP) is 3.66. The summed E-state index contributed by atoms with van der Waals surface area (Å²) in [5.41, 5.74) is 2.75. The molecule has 1 N–H and O–H groups in total. The van der Waals surface area contributed by atoms with Gasteiger partial charge in [0, 0.05) is 13.1 Å². The Morgan fingerprint density at radius 1 is 1.28 bits per heavy atom. The third-order valence-corrected chi connectivity index (χ3v) is 2.80. The SMILES string of the molecule is CNc1cc(Cl)nc(C)c1OCc1ccccc1. The van der Waals surface area contributed by atoms with E-state index in [9.17, 15) is 0 Å². The Hall–Kier alpha value is -1.74. The van der Waals surface area contributed by atoms with Crippen LogP contribution in [-0.2, 0) is 6.61 Å². The van der Waals surface area contributed by atoms with Gasteiger partial charge in [0.15, 0.2) is 5.75 Å². The lowest BCUT2D eigenvalue weighted by atomic mass is 10.2. The van der Waals surface area contributed by atoms with Crippen LogP contribution in [0, 0.1) is 6.92 Å². The van der Waals surface area contributed by atoms with E-state index in [2.05, 4.69) is 10.3 Å². The van der Waals surface area contributed by atoms with Crippen LogP contribution in [0.2, 0.25) is 5.15 Å². The van der Waals surface area contributed by atoms with Gasteiger partial charge in [0.05, 0.1) is 11.4 Å². The maximum Gasteiger partial charge on any atom is 0.164 e. The molecule has 1 aromatic carbocycles. The van der Waals surface area contributed by atoms with E-state index in [4.69, 9.17) is 16.3 Å². The van der Waals surface area contributed by atoms with Crippen LogP contribution >= 0.6 is 11.6 Å². The van der Waals surface area contributed by atoms with Crippen LogP contribution in [0.4, 0.5) is 5.69 Å². The Labute approximate surface area is 112 Å². The van der Waals surface area contributed by atoms with E-state index in [1.54, 1.807) is 6.07 Å². The highest BCUT2D eigenvalue weighted by molar-refractivity contribution is 6.29. The molecule has 0 atom stereocenters. The number of hydrogen-bond acceptors (Lipinski definition) is 3. The summed E-state index contributed by atoms with van der Waals surface area (Å²) in [4.78, 5) is 4.19. The molecule has 0 aliphatic rings. The molecule has 3 nitrogen and oxygen atoms in total. The average molecular weight is 263 g/mol. The monoisotopic (exact) mass is 262 g/mol. The van der Waals surface area contributed by atoms with Gasteiger partial charge < -0.3 is 10.1 Å². The zero-order valence-electron chi connectivity index (χ0n) is 10.4. The Morgan fingerprint density at radius 2 is 2.00 bits per heavy atom. The summed E-state index contributed by atoms with van der Waals surface area (Å²) in [6, 6.07) is 11.8. The summed E-state index contributed by atoms with van der Waals surface area (Å²) < 4.78 is 5.82. The zero-order chi connectivity index (χ0) is 13.0. The number of ether oxygens (including phenoxy) is 1. The van der Waals surface area contributed by atoms with Crippen molar-refractivity contribution in [3.05, 3.63) is 52.8 Å². The van der Waals surface area contributed by atoms with Crippen molar-refractivity contribution in [3.63, 3.8) is 0 Å². The zero-order valence-corrected chi connectivity index (χ0v) is 11.2. The maximum absolute atomic E-state index is 5.91. The van der Waals surface area contributed by atoms with E-state index in [-0.39, 0.29) is 0 Å². The number of anilines is 1. The first kappa shape index (κ1) is 12.7. The van der Waals surface area contributed by atoms with Gasteiger partial charge in [-0.2, -0.15) is 0 Å². The van der Waals surface area contributed by atoms with E-state index in [1.165, 1.54) is 0 Å². The molecule has 0 unspecified atom stereocenters. The Balaban J connectivity index is 2.19. The van der Waals surface area contributed by atoms with Crippen molar-refractivity contribution >= 4 is 17.3 Å². The van der Waals surface area contributed by atoms with Crippen LogP contribution in [0.15, 0.2) is 36.4 Å². The first-order valence-corrected chi connectivity index (χ1v) is 6.10. The second kappa shape index (κ2) is 5.74. The van der Waals surface area contributed by atoms with Gasteiger partial charge in [0.2, 0.25) is 0 Å². The van der Waals surface area contributed by atoms with Crippen LogP contribution in [0.1, 0.15) is 11.3 Å². The number of rotatable bonds is 4. The van der Waals surface area contributed by atoms with Crippen LogP contribution in [0.5, 0.6) is 5.75 Å². The summed E-state index contributed by atoms with van der Waals surface area (Å²) >= 11 is 5.91. The quantitative estimate of drug-likeness (QED) is 0.854. The number of nitrogens with one attached hydrogen (secondary N) is 1. The second-order valence-corrected chi connectivity index (χ2v) is 4.32. The molecule has 2 aromatic rings. The fraction of sp³-hybridized carbons (Fsp3) is 0.214. The van der Waals surface area contributed by atoms with Gasteiger partial charge in [-0.1, -0.05) is 41.9 Å². The molecule has 0 saturated heterocycles. The van der Waals surface area contributed by atoms with Crippen molar-refractivity contribution < 1.29 is 4.74 Å². The third kappa shape index (κ3) is 2.93. The highest BCUT2D eigenvalue weighted by Crippen LogP contribution is 2.30. The number of aryl methyl sites for hydroxylation is 1. The summed E-state index contributed by atoms with van der Waals surface area (Å²) in [7, 11) is 1.83. The van der Waals surface area contributed by atoms with Gasteiger partial charge in [0.25, 0.3) is 0 Å². The normalized spacial score (nSPS) is 10.2. The molecule has 1 heterocycles. The molecule has 4 heteroatoms. The molecule has 0 fully saturated rings. The van der Waals surface area contributed by atoms with Crippen molar-refractivity contribution in [3.8, 4) is 5.75 Å². The van der Waals surface area contributed by atoms with Gasteiger partial charge >= 0.3 is 0 Å². The van der Waals surface area contributed by atoms with Crippen molar-refractivity contribution in [1.29, 1.82) is 0 Å². The van der Waals surface area contributed by atoms with Gasteiger partial charge in [-0.25, -0.2) is 4.98 Å². The Kier molecular flexibility index (Phi) is 4.05. The number of aromatic nitrogens is 1. The van der Waals surface area contributed by atoms with Crippen molar-refractivity contribution in [2.45, 2.75) is 13.5 Å². The van der Waals surface area contributed by atoms with E-state index < -0.39 is 0 Å². The average Bonchev–Trinajstić information content (AvgIpc) is 2.38. The third-order valence-electron chi connectivity index (χ3n) is 2.61. The molecule has 0 aliphatic carbocycles. The lowest BCUT2D eigenvalue weighted by Gasteiger charge is -2.13. The van der Waals surface area contributed by atoms with Gasteiger partial charge in [-0.15, -0.1) is 0 Å². The molecule has 94 valence electrons. The van der Waals surface area contributed by atoms with Crippen LogP contribution in [0.25, 0.3) is 0 Å². The molecular formula is C14H15ClN2O.